The smallest absolute Gasteiger partial charge is 0.260 e. The molecule has 0 saturated heterocycles. The molecule has 0 aliphatic carbocycles. The van der Waals surface area contributed by atoms with E-state index in [0.29, 0.717) is 0 Å². The van der Waals surface area contributed by atoms with Crippen molar-refractivity contribution in [2.24, 2.45) is 17.9 Å². The van der Waals surface area contributed by atoms with Crippen molar-refractivity contribution in [1.29, 1.82) is 0 Å². The van der Waals surface area contributed by atoms with Crippen molar-refractivity contribution in [3.05, 3.63) is 35.5 Å². The van der Waals surface area contributed by atoms with Crippen molar-refractivity contribution in [3.63, 3.8) is 0 Å². The van der Waals surface area contributed by atoms with Crippen LogP contribution in [0.25, 0.3) is 0 Å². The minimum atomic E-state index is -0.636. The minimum absolute atomic E-state index is 0.0422. The van der Waals surface area contributed by atoms with Gasteiger partial charge in [0.25, 0.3) is 5.91 Å². The lowest BCUT2D eigenvalue weighted by molar-refractivity contribution is 0.102. The second-order valence-electron chi connectivity index (χ2n) is 4.17. The zero-order valence-electron chi connectivity index (χ0n) is 11.0. The van der Waals surface area contributed by atoms with Crippen molar-refractivity contribution < 1.29 is 20.2 Å². The standard InChI is InChI=1S/C12H13N5O4/c1-17-11(8(5-14-17)10(13)16-21)15-12(20)7-3-2-6(18)4-9(7)19/h2-5,18-19,21H,1H3,(H2,13,16)(H,15,20). The molecule has 1 heterocycles. The van der Waals surface area contributed by atoms with Gasteiger partial charge in [0.15, 0.2) is 5.84 Å². The van der Waals surface area contributed by atoms with E-state index >= 15 is 0 Å². The number of carbonyl (C=O) groups is 1. The summed E-state index contributed by atoms with van der Waals surface area (Å²) in [6.07, 6.45) is 1.32. The third-order valence-electron chi connectivity index (χ3n) is 2.78. The van der Waals surface area contributed by atoms with E-state index in [0.717, 1.165) is 6.07 Å². The highest BCUT2D eigenvalue weighted by Crippen LogP contribution is 2.24. The largest absolute Gasteiger partial charge is 0.508 e. The molecule has 9 nitrogen and oxygen atoms in total. The maximum atomic E-state index is 12.1. The Bertz CT molecular complexity index is 722. The summed E-state index contributed by atoms with van der Waals surface area (Å²) in [4.78, 5) is 12.1. The van der Waals surface area contributed by atoms with E-state index in [-0.39, 0.29) is 34.3 Å². The fraction of sp³-hybridized carbons (Fsp3) is 0.0833. The van der Waals surface area contributed by atoms with Gasteiger partial charge in [0.1, 0.15) is 17.3 Å². The molecular formula is C12H13N5O4. The first-order chi connectivity index (χ1) is 9.93. The van der Waals surface area contributed by atoms with Crippen LogP contribution in [0.5, 0.6) is 11.5 Å². The summed E-state index contributed by atoms with van der Waals surface area (Å²) in [6.45, 7) is 0. The van der Waals surface area contributed by atoms with Crippen LogP contribution in [-0.2, 0) is 7.05 Å². The van der Waals surface area contributed by atoms with Gasteiger partial charge in [-0.1, -0.05) is 5.16 Å². The molecule has 0 saturated carbocycles. The Morgan fingerprint density at radius 3 is 2.71 bits per heavy atom. The van der Waals surface area contributed by atoms with Crippen LogP contribution in [0.2, 0.25) is 0 Å². The molecular weight excluding hydrogens is 278 g/mol. The fourth-order valence-electron chi connectivity index (χ4n) is 1.71. The average Bonchev–Trinajstić information content (AvgIpc) is 2.79. The SMILES string of the molecule is Cn1ncc(/C(N)=N/O)c1NC(=O)c1ccc(O)cc1O. The predicted octanol–water partition coefficient (Wildman–Crippen LogP) is 0.178. The van der Waals surface area contributed by atoms with Gasteiger partial charge >= 0.3 is 0 Å². The van der Waals surface area contributed by atoms with Crippen LogP contribution in [0.3, 0.4) is 0 Å². The molecule has 1 aromatic heterocycles. The maximum absolute atomic E-state index is 12.1. The number of aromatic hydroxyl groups is 2. The molecule has 110 valence electrons. The van der Waals surface area contributed by atoms with Crippen LogP contribution < -0.4 is 11.1 Å². The van der Waals surface area contributed by atoms with Crippen molar-refractivity contribution in [3.8, 4) is 11.5 Å². The number of oxime groups is 1. The normalized spacial score (nSPS) is 11.4. The minimum Gasteiger partial charge on any atom is -0.508 e. The highest BCUT2D eigenvalue weighted by Gasteiger charge is 2.18. The monoisotopic (exact) mass is 291 g/mol. The summed E-state index contributed by atoms with van der Waals surface area (Å²) in [5.74, 6) is -1.19. The molecule has 0 radical (unpaired) electrons. The van der Waals surface area contributed by atoms with Gasteiger partial charge in [-0.25, -0.2) is 0 Å². The number of hydrogen-bond donors (Lipinski definition) is 5. The molecule has 0 atom stereocenters. The summed E-state index contributed by atoms with van der Waals surface area (Å²) in [5, 5.41) is 36.8. The van der Waals surface area contributed by atoms with Gasteiger partial charge in [0.2, 0.25) is 0 Å². The van der Waals surface area contributed by atoms with Crippen LogP contribution in [0.4, 0.5) is 5.82 Å². The first-order valence-electron chi connectivity index (χ1n) is 5.77. The number of anilines is 1. The van der Waals surface area contributed by atoms with E-state index in [1.807, 2.05) is 0 Å². The van der Waals surface area contributed by atoms with Crippen LogP contribution in [-0.4, -0.2) is 36.9 Å². The molecule has 0 aliphatic heterocycles. The number of hydrogen-bond acceptors (Lipinski definition) is 6. The molecule has 1 amide bonds. The van der Waals surface area contributed by atoms with Crippen molar-refractivity contribution in [2.75, 3.05) is 5.32 Å². The molecule has 0 aliphatic rings. The molecule has 1 aromatic carbocycles. The number of nitrogens with one attached hydrogen (secondary N) is 1. The first kappa shape index (κ1) is 14.2. The Morgan fingerprint density at radius 1 is 1.38 bits per heavy atom. The van der Waals surface area contributed by atoms with Crippen molar-refractivity contribution in [2.45, 2.75) is 0 Å². The van der Waals surface area contributed by atoms with E-state index in [1.54, 1.807) is 7.05 Å². The molecule has 6 N–H and O–H groups in total. The third kappa shape index (κ3) is 2.71. The number of amides is 1. The third-order valence-corrected chi connectivity index (χ3v) is 2.78. The number of aryl methyl sites for hydroxylation is 1. The zero-order valence-corrected chi connectivity index (χ0v) is 11.0. The van der Waals surface area contributed by atoms with E-state index in [1.165, 1.54) is 23.0 Å². The Kier molecular flexibility index (Phi) is 3.65. The topological polar surface area (TPSA) is 146 Å². The van der Waals surface area contributed by atoms with Crippen LogP contribution in [0, 0.1) is 0 Å². The summed E-state index contributed by atoms with van der Waals surface area (Å²) in [7, 11) is 1.56. The predicted molar refractivity (Wildman–Crippen MR) is 73.4 cm³/mol. The van der Waals surface area contributed by atoms with Gasteiger partial charge in [-0.05, 0) is 12.1 Å². The summed E-state index contributed by atoms with van der Waals surface area (Å²) < 4.78 is 1.32. The van der Waals surface area contributed by atoms with Gasteiger partial charge in [0.05, 0.1) is 17.3 Å². The van der Waals surface area contributed by atoms with Gasteiger partial charge in [-0.2, -0.15) is 5.10 Å². The fourth-order valence-corrected chi connectivity index (χ4v) is 1.71. The molecule has 0 fully saturated rings. The number of amidine groups is 1. The van der Waals surface area contributed by atoms with Crippen LogP contribution in [0.1, 0.15) is 15.9 Å². The van der Waals surface area contributed by atoms with E-state index in [4.69, 9.17) is 10.9 Å². The summed E-state index contributed by atoms with van der Waals surface area (Å²) in [6, 6.07) is 3.57. The van der Waals surface area contributed by atoms with Crippen molar-refractivity contribution in [1.82, 2.24) is 9.78 Å². The molecule has 0 spiro atoms. The maximum Gasteiger partial charge on any atom is 0.260 e. The number of nitrogens with zero attached hydrogens (tertiary/aromatic N) is 3. The van der Waals surface area contributed by atoms with Crippen LogP contribution >= 0.6 is 0 Å². The number of benzene rings is 1. The number of phenols is 2. The average molecular weight is 291 g/mol. The Morgan fingerprint density at radius 2 is 2.10 bits per heavy atom. The lowest BCUT2D eigenvalue weighted by Gasteiger charge is -2.09. The summed E-state index contributed by atoms with van der Waals surface area (Å²) >= 11 is 0. The molecule has 0 unspecified atom stereocenters. The number of aromatic nitrogens is 2. The lowest BCUT2D eigenvalue weighted by Crippen LogP contribution is -2.20. The Labute approximate surface area is 118 Å². The number of nitrogens with two attached hydrogens (primary N) is 1. The number of carbonyl (C=O) groups excluding carboxylic acids is 1. The highest BCUT2D eigenvalue weighted by molar-refractivity contribution is 6.10. The number of rotatable bonds is 3. The Hall–Kier alpha value is -3.23. The van der Waals surface area contributed by atoms with E-state index in [2.05, 4.69) is 15.6 Å². The highest BCUT2D eigenvalue weighted by atomic mass is 16.4. The van der Waals surface area contributed by atoms with Gasteiger partial charge in [-0.3, -0.25) is 9.48 Å². The first-order valence-corrected chi connectivity index (χ1v) is 5.77. The van der Waals surface area contributed by atoms with E-state index < -0.39 is 5.91 Å². The zero-order chi connectivity index (χ0) is 15.6. The van der Waals surface area contributed by atoms with Crippen LogP contribution in [0.15, 0.2) is 29.6 Å². The van der Waals surface area contributed by atoms with Crippen molar-refractivity contribution >= 4 is 17.6 Å². The lowest BCUT2D eigenvalue weighted by atomic mass is 10.1. The van der Waals surface area contributed by atoms with E-state index in [9.17, 15) is 15.0 Å². The molecule has 2 rings (SSSR count). The molecule has 0 bridgehead atoms. The molecule has 2 aromatic rings. The van der Waals surface area contributed by atoms with Gasteiger partial charge < -0.3 is 26.5 Å². The number of phenolic OH excluding ortho intramolecular Hbond substituents is 2. The molecule has 9 heteroatoms. The van der Waals surface area contributed by atoms with Gasteiger partial charge in [0, 0.05) is 13.1 Å². The quantitative estimate of drug-likeness (QED) is 0.236. The Balaban J connectivity index is 2.34. The second-order valence-corrected chi connectivity index (χ2v) is 4.17. The second kappa shape index (κ2) is 5.41. The summed E-state index contributed by atoms with van der Waals surface area (Å²) in [5.41, 5.74) is 5.67. The molecule has 21 heavy (non-hydrogen) atoms. The van der Waals surface area contributed by atoms with Gasteiger partial charge in [-0.15, -0.1) is 0 Å².